The number of benzene rings is 1. The molecule has 0 atom stereocenters. The molecule has 3 rings (SSSR count). The summed E-state index contributed by atoms with van der Waals surface area (Å²) in [5, 5.41) is 2.99. The lowest BCUT2D eigenvalue weighted by atomic mass is 10.2. The molecule has 1 aromatic heterocycles. The molecule has 132 valence electrons. The van der Waals surface area contributed by atoms with Crippen LogP contribution in [0.25, 0.3) is 6.08 Å². The predicted octanol–water partition coefficient (Wildman–Crippen LogP) is 4.73. The van der Waals surface area contributed by atoms with Gasteiger partial charge in [0, 0.05) is 30.5 Å². The van der Waals surface area contributed by atoms with Crippen LogP contribution in [0.3, 0.4) is 0 Å². The van der Waals surface area contributed by atoms with Crippen molar-refractivity contribution in [3.63, 3.8) is 0 Å². The Morgan fingerprint density at radius 2 is 2.16 bits per heavy atom. The van der Waals surface area contributed by atoms with E-state index in [1.807, 2.05) is 19.1 Å². The van der Waals surface area contributed by atoms with E-state index >= 15 is 0 Å². The second-order valence-corrected chi connectivity index (χ2v) is 6.09. The van der Waals surface area contributed by atoms with Gasteiger partial charge in [0.1, 0.15) is 11.6 Å². The van der Waals surface area contributed by atoms with E-state index in [-0.39, 0.29) is 10.2 Å². The quantitative estimate of drug-likeness (QED) is 0.783. The average Bonchev–Trinajstić information content (AvgIpc) is 2.55. The molecule has 0 fully saturated rings. The number of nitrogens with zero attached hydrogens (tertiary/aromatic N) is 3. The number of ether oxygens (including phenoxy) is 1. The molecule has 9 heteroatoms. The monoisotopic (exact) mass is 414 g/mol. The number of hydrogen-bond acceptors (Lipinski definition) is 5. The van der Waals surface area contributed by atoms with E-state index in [9.17, 15) is 13.2 Å². The number of hydrogen-bond donors (Lipinski definition) is 1. The van der Waals surface area contributed by atoms with Gasteiger partial charge in [0.2, 0.25) is 5.95 Å². The van der Waals surface area contributed by atoms with Crippen molar-refractivity contribution in [2.24, 2.45) is 0 Å². The first-order valence-corrected chi connectivity index (χ1v) is 8.26. The largest absolute Gasteiger partial charge is 0.573 e. The van der Waals surface area contributed by atoms with Crippen LogP contribution in [0.15, 0.2) is 34.9 Å². The van der Waals surface area contributed by atoms with Crippen LogP contribution < -0.4 is 15.0 Å². The third kappa shape index (κ3) is 4.22. The fourth-order valence-corrected chi connectivity index (χ4v) is 2.86. The lowest BCUT2D eigenvalue weighted by Gasteiger charge is -2.25. The number of aromatic nitrogens is 2. The summed E-state index contributed by atoms with van der Waals surface area (Å²) in [7, 11) is 0. The molecule has 0 bridgehead atoms. The van der Waals surface area contributed by atoms with Crippen molar-refractivity contribution in [1.29, 1.82) is 0 Å². The highest BCUT2D eigenvalue weighted by atomic mass is 79.9. The van der Waals surface area contributed by atoms with E-state index in [0.29, 0.717) is 11.6 Å². The summed E-state index contributed by atoms with van der Waals surface area (Å²) in [5.74, 6) is 0.870. The van der Waals surface area contributed by atoms with Crippen LogP contribution >= 0.6 is 15.9 Å². The Kier molecular flexibility index (Phi) is 4.85. The third-order valence-electron chi connectivity index (χ3n) is 3.51. The van der Waals surface area contributed by atoms with Crippen molar-refractivity contribution in [2.45, 2.75) is 13.3 Å². The van der Waals surface area contributed by atoms with Crippen molar-refractivity contribution in [3.05, 3.63) is 40.5 Å². The van der Waals surface area contributed by atoms with Crippen LogP contribution in [0, 0.1) is 0 Å². The molecule has 0 amide bonds. The molecule has 1 aliphatic heterocycles. The highest BCUT2D eigenvalue weighted by Crippen LogP contribution is 2.33. The van der Waals surface area contributed by atoms with Gasteiger partial charge in [-0.2, -0.15) is 4.98 Å². The van der Waals surface area contributed by atoms with E-state index in [1.54, 1.807) is 6.20 Å². The molecule has 25 heavy (non-hydrogen) atoms. The Hall–Kier alpha value is -2.29. The minimum Gasteiger partial charge on any atom is -0.405 e. The highest BCUT2D eigenvalue weighted by Gasteiger charge is 2.32. The van der Waals surface area contributed by atoms with Crippen LogP contribution in [0.4, 0.5) is 30.6 Å². The van der Waals surface area contributed by atoms with Gasteiger partial charge in [0.15, 0.2) is 0 Å². The highest BCUT2D eigenvalue weighted by molar-refractivity contribution is 9.10. The molecule has 0 radical (unpaired) electrons. The van der Waals surface area contributed by atoms with Crippen LogP contribution in [0.1, 0.15) is 12.5 Å². The molecule has 1 aromatic carbocycles. The van der Waals surface area contributed by atoms with E-state index in [1.165, 1.54) is 18.2 Å². The maximum atomic E-state index is 12.3. The second-order valence-electron chi connectivity index (χ2n) is 5.23. The first kappa shape index (κ1) is 17.5. The summed E-state index contributed by atoms with van der Waals surface area (Å²) in [6, 6.07) is 4.16. The smallest absolute Gasteiger partial charge is 0.405 e. The molecule has 1 aliphatic rings. The summed E-state index contributed by atoms with van der Waals surface area (Å²) >= 11 is 3.07. The van der Waals surface area contributed by atoms with E-state index in [4.69, 9.17) is 0 Å². The van der Waals surface area contributed by atoms with Crippen molar-refractivity contribution < 1.29 is 17.9 Å². The number of rotatable bonds is 4. The number of alkyl halides is 3. The number of halogens is 4. The molecule has 0 spiro atoms. The Bertz CT molecular complexity index is 810. The van der Waals surface area contributed by atoms with E-state index < -0.39 is 6.36 Å². The summed E-state index contributed by atoms with van der Waals surface area (Å²) in [6.45, 7) is 3.62. The SMILES string of the molecule is CCN1CC=Cc2cnc(Nc3ccc(OC(F)(F)F)c(Br)c3)nc21. The molecule has 2 heterocycles. The average molecular weight is 415 g/mol. The molecule has 0 aliphatic carbocycles. The zero-order chi connectivity index (χ0) is 18.0. The Morgan fingerprint density at radius 1 is 1.36 bits per heavy atom. The summed E-state index contributed by atoms with van der Waals surface area (Å²) in [6.07, 6.45) is 0.972. The van der Waals surface area contributed by atoms with Crippen molar-refractivity contribution in [3.8, 4) is 5.75 Å². The minimum atomic E-state index is -4.74. The number of nitrogens with one attached hydrogen (secondary N) is 1. The van der Waals surface area contributed by atoms with Crippen LogP contribution in [-0.2, 0) is 0 Å². The summed E-state index contributed by atoms with van der Waals surface area (Å²) in [5.41, 5.74) is 1.46. The molecule has 5 nitrogen and oxygen atoms in total. The van der Waals surface area contributed by atoms with Crippen molar-refractivity contribution in [2.75, 3.05) is 23.3 Å². The molecule has 0 saturated carbocycles. The van der Waals surface area contributed by atoms with Gasteiger partial charge >= 0.3 is 6.36 Å². The number of likely N-dealkylation sites (N-methyl/N-ethyl adjacent to an activating group) is 1. The first-order valence-electron chi connectivity index (χ1n) is 7.46. The maximum Gasteiger partial charge on any atom is 0.573 e. The third-order valence-corrected chi connectivity index (χ3v) is 4.13. The van der Waals surface area contributed by atoms with Gasteiger partial charge in [0.05, 0.1) is 4.47 Å². The van der Waals surface area contributed by atoms with Crippen LogP contribution in [0.5, 0.6) is 5.75 Å². The Morgan fingerprint density at radius 3 is 2.84 bits per heavy atom. The van der Waals surface area contributed by atoms with E-state index in [2.05, 4.69) is 40.9 Å². The number of anilines is 3. The van der Waals surface area contributed by atoms with Crippen LogP contribution in [0.2, 0.25) is 0 Å². The van der Waals surface area contributed by atoms with Gasteiger partial charge < -0.3 is 15.0 Å². The Balaban J connectivity index is 1.81. The lowest BCUT2D eigenvalue weighted by Crippen LogP contribution is -2.27. The predicted molar refractivity (Wildman–Crippen MR) is 93.1 cm³/mol. The van der Waals surface area contributed by atoms with Crippen LogP contribution in [-0.4, -0.2) is 29.4 Å². The zero-order valence-electron chi connectivity index (χ0n) is 13.1. The van der Waals surface area contributed by atoms with Gasteiger partial charge in [0.25, 0.3) is 0 Å². The van der Waals surface area contributed by atoms with E-state index in [0.717, 1.165) is 24.5 Å². The lowest BCUT2D eigenvalue weighted by molar-refractivity contribution is -0.274. The van der Waals surface area contributed by atoms with Crippen molar-refractivity contribution >= 4 is 39.5 Å². The molecular weight excluding hydrogens is 401 g/mol. The standard InChI is InChI=1S/C16H14BrF3N4O/c1-2-24-7-3-4-10-9-21-15(23-14(10)24)22-11-5-6-13(12(17)8-11)25-16(18,19)20/h3-6,8-9H,2,7H2,1H3,(H,21,22,23). The first-order chi connectivity index (χ1) is 11.9. The minimum absolute atomic E-state index is 0.172. The molecule has 2 aromatic rings. The normalized spacial score (nSPS) is 13.6. The Labute approximate surface area is 150 Å². The topological polar surface area (TPSA) is 50.3 Å². The molecule has 1 N–H and O–H groups in total. The van der Waals surface area contributed by atoms with Gasteiger partial charge in [-0.1, -0.05) is 12.2 Å². The van der Waals surface area contributed by atoms with Crippen molar-refractivity contribution in [1.82, 2.24) is 9.97 Å². The molecule has 0 saturated heterocycles. The zero-order valence-corrected chi connectivity index (χ0v) is 14.7. The summed E-state index contributed by atoms with van der Waals surface area (Å²) in [4.78, 5) is 10.8. The molecular formula is C16H14BrF3N4O. The summed E-state index contributed by atoms with van der Waals surface area (Å²) < 4.78 is 41.0. The maximum absolute atomic E-state index is 12.3. The van der Waals surface area contributed by atoms with Gasteiger partial charge in [-0.25, -0.2) is 4.98 Å². The van der Waals surface area contributed by atoms with Gasteiger partial charge in [-0.05, 0) is 41.1 Å². The number of fused-ring (bicyclic) bond motifs is 1. The second kappa shape index (κ2) is 6.91. The molecule has 0 unspecified atom stereocenters. The fourth-order valence-electron chi connectivity index (χ4n) is 2.40. The van der Waals surface area contributed by atoms with Gasteiger partial charge in [-0.15, -0.1) is 13.2 Å². The van der Waals surface area contributed by atoms with Gasteiger partial charge in [-0.3, -0.25) is 0 Å². The fraction of sp³-hybridized carbons (Fsp3) is 0.250.